The Morgan fingerprint density at radius 1 is 1.03 bits per heavy atom. The summed E-state index contributed by atoms with van der Waals surface area (Å²) < 4.78 is 16.7. The molecule has 0 spiro atoms. The molecule has 174 valence electrons. The largest absolute Gasteiger partial charge is 0.486 e. The number of hydrogen-bond acceptors (Lipinski definition) is 5. The number of nitrogens with one attached hydrogen (secondary N) is 1. The van der Waals surface area contributed by atoms with Crippen LogP contribution in [0.3, 0.4) is 0 Å². The van der Waals surface area contributed by atoms with Crippen molar-refractivity contribution in [2.45, 2.75) is 38.8 Å². The lowest BCUT2D eigenvalue weighted by atomic mass is 9.96. The number of fused-ring (bicyclic) bond motifs is 2. The molecular weight excluding hydrogens is 422 g/mol. The van der Waals surface area contributed by atoms with Crippen molar-refractivity contribution in [3.05, 3.63) is 48.0 Å². The monoisotopic (exact) mass is 451 g/mol. The number of piperidine rings is 1. The minimum Gasteiger partial charge on any atom is -0.486 e. The first-order valence-electron chi connectivity index (χ1n) is 11.6. The zero-order chi connectivity index (χ0) is 22.8. The van der Waals surface area contributed by atoms with Crippen molar-refractivity contribution in [2.24, 2.45) is 5.92 Å². The van der Waals surface area contributed by atoms with Crippen molar-refractivity contribution < 1.29 is 23.8 Å². The number of urea groups is 1. The second kappa shape index (κ2) is 9.21. The number of ether oxygens (including phenoxy) is 3. The van der Waals surface area contributed by atoms with Gasteiger partial charge in [-0.25, -0.2) is 4.79 Å². The van der Waals surface area contributed by atoms with E-state index in [4.69, 9.17) is 14.2 Å². The summed E-state index contributed by atoms with van der Waals surface area (Å²) in [7, 11) is 0. The van der Waals surface area contributed by atoms with Crippen molar-refractivity contribution >= 4 is 17.6 Å². The highest BCUT2D eigenvalue weighted by molar-refractivity contribution is 5.94. The lowest BCUT2D eigenvalue weighted by molar-refractivity contribution is -0.126. The Hall–Kier alpha value is -3.42. The Morgan fingerprint density at radius 2 is 1.82 bits per heavy atom. The third-order valence-electron chi connectivity index (χ3n) is 6.56. The molecule has 8 heteroatoms. The third kappa shape index (κ3) is 4.42. The number of hydrogen-bond donors (Lipinski definition) is 1. The predicted octanol–water partition coefficient (Wildman–Crippen LogP) is 3.54. The van der Waals surface area contributed by atoms with E-state index >= 15 is 0 Å². The van der Waals surface area contributed by atoms with Crippen LogP contribution in [0.15, 0.2) is 42.5 Å². The molecule has 33 heavy (non-hydrogen) atoms. The molecule has 3 amide bonds. The Kier molecular flexibility index (Phi) is 5.98. The molecule has 1 saturated heterocycles. The normalized spacial score (nSPS) is 19.6. The summed E-state index contributed by atoms with van der Waals surface area (Å²) in [6.45, 7) is 4.42. The Balaban J connectivity index is 1.15. The van der Waals surface area contributed by atoms with Gasteiger partial charge in [0, 0.05) is 25.6 Å². The van der Waals surface area contributed by atoms with E-state index in [1.807, 2.05) is 52.3 Å². The van der Waals surface area contributed by atoms with Crippen LogP contribution >= 0.6 is 0 Å². The Bertz CT molecular complexity index is 1030. The van der Waals surface area contributed by atoms with E-state index < -0.39 is 0 Å². The maximum Gasteiger partial charge on any atom is 0.324 e. The molecule has 0 aromatic heterocycles. The molecule has 0 aliphatic carbocycles. The van der Waals surface area contributed by atoms with Crippen LogP contribution in [0.1, 0.15) is 31.7 Å². The van der Waals surface area contributed by atoms with E-state index in [2.05, 4.69) is 12.2 Å². The fourth-order valence-electron chi connectivity index (χ4n) is 4.58. The first kappa shape index (κ1) is 21.4. The number of carbonyl (C=O) groups excluding carboxylic acids is 2. The summed E-state index contributed by atoms with van der Waals surface area (Å²) in [5.41, 5.74) is 1.78. The summed E-state index contributed by atoms with van der Waals surface area (Å²) >= 11 is 0. The van der Waals surface area contributed by atoms with Gasteiger partial charge in [-0.15, -0.1) is 0 Å². The Labute approximate surface area is 193 Å². The Morgan fingerprint density at radius 3 is 2.64 bits per heavy atom. The van der Waals surface area contributed by atoms with Gasteiger partial charge in [-0.05, 0) is 49.1 Å². The highest BCUT2D eigenvalue weighted by atomic mass is 16.7. The van der Waals surface area contributed by atoms with Crippen LogP contribution in [0, 0.1) is 5.92 Å². The van der Waals surface area contributed by atoms with Crippen molar-refractivity contribution in [1.82, 2.24) is 10.2 Å². The minimum atomic E-state index is -0.0940. The fraction of sp³-hybridized carbons (Fsp3) is 0.440. The number of nitrogens with zero attached hydrogens (tertiary/aromatic N) is 2. The average molecular weight is 452 g/mol. The molecule has 8 nitrogen and oxygen atoms in total. The van der Waals surface area contributed by atoms with Crippen LogP contribution in [-0.2, 0) is 11.3 Å². The molecule has 5 rings (SSSR count). The van der Waals surface area contributed by atoms with E-state index in [-0.39, 0.29) is 30.8 Å². The second-order valence-electron chi connectivity index (χ2n) is 8.68. The van der Waals surface area contributed by atoms with Gasteiger partial charge in [0.1, 0.15) is 11.9 Å². The summed E-state index contributed by atoms with van der Waals surface area (Å²) in [4.78, 5) is 29.7. The molecule has 2 aromatic carbocycles. The summed E-state index contributed by atoms with van der Waals surface area (Å²) in [6.07, 6.45) is 2.14. The molecule has 3 aliphatic heterocycles. The number of amides is 3. The van der Waals surface area contributed by atoms with Gasteiger partial charge in [0.15, 0.2) is 11.5 Å². The number of benzene rings is 2. The van der Waals surface area contributed by atoms with E-state index in [0.29, 0.717) is 44.8 Å². The van der Waals surface area contributed by atoms with E-state index in [1.54, 1.807) is 0 Å². The molecular formula is C25H29N3O5. The highest BCUT2D eigenvalue weighted by Crippen LogP contribution is 2.35. The molecule has 1 N–H and O–H groups in total. The molecule has 1 unspecified atom stereocenters. The molecule has 0 bridgehead atoms. The van der Waals surface area contributed by atoms with Crippen LogP contribution in [0.5, 0.6) is 17.2 Å². The summed E-state index contributed by atoms with van der Waals surface area (Å²) in [6, 6.07) is 13.4. The topological polar surface area (TPSA) is 80.3 Å². The third-order valence-corrected chi connectivity index (χ3v) is 6.56. The van der Waals surface area contributed by atoms with E-state index in [1.165, 1.54) is 0 Å². The number of rotatable bonds is 4. The van der Waals surface area contributed by atoms with Crippen LogP contribution in [0.25, 0.3) is 0 Å². The standard InChI is InChI=1S/C25H29N3O5/c1-2-19-15-28(20-5-3-4-6-21(20)33-19)25(30)27-11-9-18(10-12-27)24(29)26-14-17-7-8-22-23(13-17)32-16-31-22/h3-8,13,18-19H,2,9-12,14-16H2,1H3,(H,26,29). The quantitative estimate of drug-likeness (QED) is 0.769. The minimum absolute atomic E-state index is 0.0107. The van der Waals surface area contributed by atoms with Crippen LogP contribution in [-0.4, -0.2) is 49.4 Å². The van der Waals surface area contributed by atoms with Crippen molar-refractivity contribution in [2.75, 3.05) is 31.3 Å². The molecule has 3 aliphatic rings. The summed E-state index contributed by atoms with van der Waals surface area (Å²) in [5.74, 6) is 2.13. The first-order chi connectivity index (χ1) is 16.1. The number of anilines is 1. The molecule has 1 atom stereocenters. The number of para-hydroxylation sites is 2. The van der Waals surface area contributed by atoms with Crippen LogP contribution in [0.4, 0.5) is 10.5 Å². The smallest absolute Gasteiger partial charge is 0.324 e. The van der Waals surface area contributed by atoms with E-state index in [9.17, 15) is 9.59 Å². The number of likely N-dealkylation sites (tertiary alicyclic amines) is 1. The molecule has 0 saturated carbocycles. The van der Waals surface area contributed by atoms with Gasteiger partial charge in [0.05, 0.1) is 12.2 Å². The molecule has 0 radical (unpaired) electrons. The highest BCUT2D eigenvalue weighted by Gasteiger charge is 2.34. The van der Waals surface area contributed by atoms with Crippen molar-refractivity contribution in [1.29, 1.82) is 0 Å². The zero-order valence-corrected chi connectivity index (χ0v) is 18.8. The fourth-order valence-corrected chi connectivity index (χ4v) is 4.58. The predicted molar refractivity (Wildman–Crippen MR) is 123 cm³/mol. The maximum absolute atomic E-state index is 13.3. The maximum atomic E-state index is 13.3. The molecule has 3 heterocycles. The lowest BCUT2D eigenvalue weighted by Crippen LogP contribution is -2.52. The van der Waals surface area contributed by atoms with Gasteiger partial charge in [0.25, 0.3) is 0 Å². The molecule has 2 aromatic rings. The lowest BCUT2D eigenvalue weighted by Gasteiger charge is -2.39. The van der Waals surface area contributed by atoms with Gasteiger partial charge >= 0.3 is 6.03 Å². The zero-order valence-electron chi connectivity index (χ0n) is 18.8. The van der Waals surface area contributed by atoms with Crippen LogP contribution in [0.2, 0.25) is 0 Å². The van der Waals surface area contributed by atoms with E-state index in [0.717, 1.165) is 29.2 Å². The molecule has 1 fully saturated rings. The van der Waals surface area contributed by atoms with Gasteiger partial charge in [0.2, 0.25) is 12.7 Å². The summed E-state index contributed by atoms with van der Waals surface area (Å²) in [5, 5.41) is 3.03. The SMILES string of the molecule is CCC1CN(C(=O)N2CCC(C(=O)NCc3ccc4c(c3)OCO4)CC2)c2ccccc2O1. The van der Waals surface area contributed by atoms with Crippen LogP contribution < -0.4 is 24.4 Å². The van der Waals surface area contributed by atoms with Gasteiger partial charge in [-0.3, -0.25) is 9.69 Å². The van der Waals surface area contributed by atoms with Gasteiger partial charge in [-0.1, -0.05) is 25.1 Å². The first-order valence-corrected chi connectivity index (χ1v) is 11.6. The second-order valence-corrected chi connectivity index (χ2v) is 8.68. The number of carbonyl (C=O) groups is 2. The van der Waals surface area contributed by atoms with Crippen molar-refractivity contribution in [3.63, 3.8) is 0 Å². The van der Waals surface area contributed by atoms with Gasteiger partial charge in [-0.2, -0.15) is 0 Å². The van der Waals surface area contributed by atoms with Crippen molar-refractivity contribution in [3.8, 4) is 17.2 Å². The van der Waals surface area contributed by atoms with Gasteiger partial charge < -0.3 is 24.4 Å². The average Bonchev–Trinajstić information content (AvgIpc) is 3.34.